The van der Waals surface area contributed by atoms with E-state index in [4.69, 9.17) is 5.11 Å². The monoisotopic (exact) mass is 225 g/mol. The molecule has 1 aromatic heterocycles. The van der Waals surface area contributed by atoms with E-state index in [0.717, 1.165) is 19.6 Å². The van der Waals surface area contributed by atoms with Crippen molar-refractivity contribution in [1.82, 2.24) is 4.57 Å². The van der Waals surface area contributed by atoms with E-state index < -0.39 is 0 Å². The van der Waals surface area contributed by atoms with Crippen molar-refractivity contribution in [2.24, 2.45) is 5.92 Å². The summed E-state index contributed by atoms with van der Waals surface area (Å²) in [5.74, 6) is 1.00. The van der Waals surface area contributed by atoms with Crippen molar-refractivity contribution >= 4 is 0 Å². The van der Waals surface area contributed by atoms with Crippen LogP contribution in [0, 0.1) is 12.8 Å². The molecule has 0 atom stereocenters. The number of hydrogen-bond donors (Lipinski definition) is 1. The van der Waals surface area contributed by atoms with Gasteiger partial charge in [-0.2, -0.15) is 0 Å². The van der Waals surface area contributed by atoms with Gasteiger partial charge in [0.15, 0.2) is 0 Å². The van der Waals surface area contributed by atoms with E-state index in [9.17, 15) is 0 Å². The van der Waals surface area contributed by atoms with Crippen LogP contribution < -0.4 is 0 Å². The Labute approximate surface area is 100 Å². The van der Waals surface area contributed by atoms with Crippen molar-refractivity contribution in [3.63, 3.8) is 0 Å². The average Bonchev–Trinajstić information content (AvgIpc) is 3.07. The summed E-state index contributed by atoms with van der Waals surface area (Å²) >= 11 is 0. The molecule has 1 heterocycles. The lowest BCUT2D eigenvalue weighted by Gasteiger charge is -2.03. The minimum absolute atomic E-state index is 1.00. The van der Waals surface area contributed by atoms with Crippen molar-refractivity contribution in [3.8, 4) is 0 Å². The van der Waals surface area contributed by atoms with Crippen LogP contribution in [-0.4, -0.2) is 16.8 Å². The summed E-state index contributed by atoms with van der Waals surface area (Å²) in [6, 6.07) is 2.34. The Kier molecular flexibility index (Phi) is 8.00. The van der Waals surface area contributed by atoms with Crippen LogP contribution in [0.25, 0.3) is 0 Å². The van der Waals surface area contributed by atoms with E-state index in [1.165, 1.54) is 30.5 Å². The fourth-order valence-electron chi connectivity index (χ4n) is 1.80. The van der Waals surface area contributed by atoms with Crippen LogP contribution in [0.5, 0.6) is 0 Å². The summed E-state index contributed by atoms with van der Waals surface area (Å²) in [5, 5.41) is 7.00. The van der Waals surface area contributed by atoms with Crippen molar-refractivity contribution in [3.05, 3.63) is 23.5 Å². The van der Waals surface area contributed by atoms with Crippen molar-refractivity contribution in [2.75, 3.05) is 7.11 Å². The molecule has 0 amide bonds. The predicted octanol–water partition coefficient (Wildman–Crippen LogP) is 3.40. The highest BCUT2D eigenvalue weighted by molar-refractivity contribution is 5.18. The Morgan fingerprint density at radius 2 is 1.88 bits per heavy atom. The third-order valence-corrected chi connectivity index (χ3v) is 2.66. The summed E-state index contributed by atoms with van der Waals surface area (Å²) in [6.07, 6.45) is 6.47. The van der Waals surface area contributed by atoms with Crippen LogP contribution in [0.15, 0.2) is 12.3 Å². The smallest absolute Gasteiger partial charge is 0.0319 e. The van der Waals surface area contributed by atoms with Crippen molar-refractivity contribution in [2.45, 2.75) is 53.5 Å². The fourth-order valence-corrected chi connectivity index (χ4v) is 1.80. The minimum Gasteiger partial charge on any atom is -0.400 e. The molecule has 1 aliphatic rings. The molecule has 2 heteroatoms. The highest BCUT2D eigenvalue weighted by Gasteiger charge is 2.22. The van der Waals surface area contributed by atoms with Gasteiger partial charge in [0.2, 0.25) is 0 Å². The van der Waals surface area contributed by atoms with E-state index in [2.05, 4.69) is 30.7 Å². The Morgan fingerprint density at radius 3 is 2.31 bits per heavy atom. The molecule has 0 unspecified atom stereocenters. The molecule has 0 aliphatic heterocycles. The molecule has 0 radical (unpaired) electrons. The average molecular weight is 225 g/mol. The van der Waals surface area contributed by atoms with Crippen molar-refractivity contribution in [1.29, 1.82) is 0 Å². The third kappa shape index (κ3) is 4.84. The number of aliphatic hydroxyl groups excluding tert-OH is 1. The minimum atomic E-state index is 1.00. The lowest BCUT2D eigenvalue weighted by molar-refractivity contribution is 0.399. The van der Waals surface area contributed by atoms with Gasteiger partial charge < -0.3 is 9.67 Å². The number of aryl methyl sites for hydroxylation is 2. The first-order chi connectivity index (χ1) is 7.79. The molecule has 1 aromatic rings. The van der Waals surface area contributed by atoms with Gasteiger partial charge in [-0.25, -0.2) is 0 Å². The first-order valence-electron chi connectivity index (χ1n) is 6.40. The summed E-state index contributed by atoms with van der Waals surface area (Å²) in [6.45, 7) is 9.52. The van der Waals surface area contributed by atoms with Gasteiger partial charge in [-0.05, 0) is 50.7 Å². The van der Waals surface area contributed by atoms with Gasteiger partial charge in [0, 0.05) is 25.5 Å². The molecule has 1 fully saturated rings. The predicted molar refractivity (Wildman–Crippen MR) is 70.8 cm³/mol. The maximum Gasteiger partial charge on any atom is 0.0319 e. The Morgan fingerprint density at radius 1 is 1.31 bits per heavy atom. The van der Waals surface area contributed by atoms with Gasteiger partial charge in [-0.1, -0.05) is 13.8 Å². The van der Waals surface area contributed by atoms with Crippen LogP contribution in [0.4, 0.5) is 0 Å². The van der Waals surface area contributed by atoms with Gasteiger partial charge in [0.1, 0.15) is 0 Å². The largest absolute Gasteiger partial charge is 0.400 e. The molecule has 1 aliphatic carbocycles. The molecule has 1 saturated carbocycles. The molecular weight excluding hydrogens is 198 g/mol. The molecule has 0 spiro atoms. The second-order valence-corrected chi connectivity index (χ2v) is 3.94. The molecule has 2 nitrogen and oxygen atoms in total. The topological polar surface area (TPSA) is 25.2 Å². The van der Waals surface area contributed by atoms with Crippen molar-refractivity contribution < 1.29 is 5.11 Å². The second kappa shape index (κ2) is 8.40. The molecule has 94 valence electrons. The number of nitrogens with zero attached hydrogens (tertiary/aromatic N) is 1. The summed E-state index contributed by atoms with van der Waals surface area (Å²) < 4.78 is 2.38. The zero-order valence-corrected chi connectivity index (χ0v) is 11.5. The molecule has 0 bridgehead atoms. The van der Waals surface area contributed by atoms with E-state index in [1.807, 2.05) is 13.8 Å². The first kappa shape index (κ1) is 15.2. The summed E-state index contributed by atoms with van der Waals surface area (Å²) in [4.78, 5) is 0. The van der Waals surface area contributed by atoms with E-state index in [-0.39, 0.29) is 0 Å². The van der Waals surface area contributed by atoms with E-state index in [0.29, 0.717) is 0 Å². The normalized spacial score (nSPS) is 13.4. The zero-order valence-electron chi connectivity index (χ0n) is 11.5. The van der Waals surface area contributed by atoms with E-state index in [1.54, 1.807) is 0 Å². The third-order valence-electron chi connectivity index (χ3n) is 2.66. The standard InChI is InChI=1S/C11H17N.C2H6.CH4O/c1-3-12-8-9(2)6-11(12)7-10-4-5-10;2*1-2/h6,8,10H,3-5,7H2,1-2H3;1-2H3;2H,1H3. The first-order valence-corrected chi connectivity index (χ1v) is 6.40. The zero-order chi connectivity index (χ0) is 12.6. The van der Waals surface area contributed by atoms with Gasteiger partial charge >= 0.3 is 0 Å². The number of aliphatic hydroxyl groups is 1. The quantitative estimate of drug-likeness (QED) is 0.838. The SMILES string of the molecule is CC.CCn1cc(C)cc1CC1CC1.CO. The van der Waals surface area contributed by atoms with Crippen LogP contribution in [0.1, 0.15) is 44.9 Å². The maximum atomic E-state index is 7.00. The lowest BCUT2D eigenvalue weighted by atomic mass is 10.2. The fraction of sp³-hybridized carbons (Fsp3) is 0.714. The Hall–Kier alpha value is -0.760. The number of rotatable bonds is 3. The molecule has 1 N–H and O–H groups in total. The van der Waals surface area contributed by atoms with Gasteiger partial charge in [-0.15, -0.1) is 0 Å². The van der Waals surface area contributed by atoms with Crippen LogP contribution in [-0.2, 0) is 13.0 Å². The Bertz CT molecular complexity index is 274. The van der Waals surface area contributed by atoms with Gasteiger partial charge in [0.05, 0.1) is 0 Å². The molecule has 16 heavy (non-hydrogen) atoms. The molecule has 2 rings (SSSR count). The molecular formula is C14H27NO. The summed E-state index contributed by atoms with van der Waals surface area (Å²) in [5.41, 5.74) is 2.95. The highest BCUT2D eigenvalue weighted by atomic mass is 16.2. The van der Waals surface area contributed by atoms with E-state index >= 15 is 0 Å². The lowest BCUT2D eigenvalue weighted by Crippen LogP contribution is -1.99. The number of aromatic nitrogens is 1. The number of hydrogen-bond acceptors (Lipinski definition) is 1. The molecule has 0 saturated heterocycles. The van der Waals surface area contributed by atoms with Gasteiger partial charge in [-0.3, -0.25) is 0 Å². The second-order valence-electron chi connectivity index (χ2n) is 3.94. The highest BCUT2D eigenvalue weighted by Crippen LogP contribution is 2.32. The maximum absolute atomic E-state index is 7.00. The van der Waals surface area contributed by atoms with Crippen LogP contribution >= 0.6 is 0 Å². The summed E-state index contributed by atoms with van der Waals surface area (Å²) in [7, 11) is 1.00. The van der Waals surface area contributed by atoms with Crippen LogP contribution in [0.2, 0.25) is 0 Å². The molecule has 0 aromatic carbocycles. The van der Waals surface area contributed by atoms with Crippen LogP contribution in [0.3, 0.4) is 0 Å². The Balaban J connectivity index is 0.000000509. The van der Waals surface area contributed by atoms with Gasteiger partial charge in [0.25, 0.3) is 0 Å².